The van der Waals surface area contributed by atoms with Gasteiger partial charge in [0.15, 0.2) is 0 Å². The molecule has 0 radical (unpaired) electrons. The van der Waals surface area contributed by atoms with Crippen molar-refractivity contribution >= 4 is 29.3 Å². The van der Waals surface area contributed by atoms with E-state index in [0.717, 1.165) is 45.0 Å². The SMILES string of the molecule is COc1cc(C(=O)NC2CCN(C)CC2)ccc1Nc1ncc(C(F)(F)F)c(N[C@@H]2CCCC[C@H]2N(C)C(=O)C(C)C)n1. The number of aromatic nitrogens is 2. The first kappa shape index (κ1) is 32.3. The van der Waals surface area contributed by atoms with Crippen molar-refractivity contribution in [2.75, 3.05) is 44.9 Å². The van der Waals surface area contributed by atoms with Crippen molar-refractivity contribution in [2.45, 2.75) is 76.7 Å². The molecule has 0 bridgehead atoms. The van der Waals surface area contributed by atoms with Crippen molar-refractivity contribution in [1.82, 2.24) is 25.1 Å². The van der Waals surface area contributed by atoms with Gasteiger partial charge in [-0.1, -0.05) is 26.7 Å². The van der Waals surface area contributed by atoms with E-state index < -0.39 is 17.8 Å². The molecule has 0 spiro atoms. The third-order valence-corrected chi connectivity index (χ3v) is 8.25. The molecule has 1 aromatic heterocycles. The molecule has 2 aromatic rings. The van der Waals surface area contributed by atoms with Gasteiger partial charge < -0.3 is 30.5 Å². The van der Waals surface area contributed by atoms with Gasteiger partial charge >= 0.3 is 6.18 Å². The lowest BCUT2D eigenvalue weighted by Gasteiger charge is -2.39. The molecule has 0 unspecified atom stereocenters. The van der Waals surface area contributed by atoms with Crippen molar-refractivity contribution in [3.05, 3.63) is 35.5 Å². The van der Waals surface area contributed by atoms with Crippen molar-refractivity contribution < 1.29 is 27.5 Å². The molecule has 1 aliphatic carbocycles. The number of halogens is 3. The highest BCUT2D eigenvalue weighted by Crippen LogP contribution is 2.37. The number of anilines is 3. The molecule has 10 nitrogen and oxygen atoms in total. The van der Waals surface area contributed by atoms with Crippen LogP contribution in [0.1, 0.15) is 68.3 Å². The van der Waals surface area contributed by atoms with Gasteiger partial charge in [-0.2, -0.15) is 18.2 Å². The average molecular weight is 606 g/mol. The molecule has 1 aliphatic heterocycles. The number of nitrogens with one attached hydrogen (secondary N) is 3. The number of methoxy groups -OCH3 is 1. The van der Waals surface area contributed by atoms with Crippen molar-refractivity contribution in [3.63, 3.8) is 0 Å². The molecule has 236 valence electrons. The predicted molar refractivity (Wildman–Crippen MR) is 159 cm³/mol. The first-order valence-electron chi connectivity index (χ1n) is 14.8. The van der Waals surface area contributed by atoms with Gasteiger partial charge in [0.25, 0.3) is 5.91 Å². The zero-order valence-electron chi connectivity index (χ0n) is 25.4. The van der Waals surface area contributed by atoms with Gasteiger partial charge in [-0.25, -0.2) is 4.98 Å². The zero-order chi connectivity index (χ0) is 31.3. The zero-order valence-corrected chi connectivity index (χ0v) is 25.4. The number of carbonyl (C=O) groups excluding carboxylic acids is 2. The maximum atomic E-state index is 14.0. The summed E-state index contributed by atoms with van der Waals surface area (Å²) in [5.41, 5.74) is -0.199. The van der Waals surface area contributed by atoms with E-state index in [1.165, 1.54) is 7.11 Å². The third-order valence-electron chi connectivity index (χ3n) is 8.25. The lowest BCUT2D eigenvalue weighted by atomic mass is 9.88. The third kappa shape index (κ3) is 8.07. The van der Waals surface area contributed by atoms with Crippen LogP contribution in [0.15, 0.2) is 24.4 Å². The quantitative estimate of drug-likeness (QED) is 0.370. The first-order chi connectivity index (χ1) is 20.4. The van der Waals surface area contributed by atoms with E-state index in [4.69, 9.17) is 4.74 Å². The lowest BCUT2D eigenvalue weighted by Crippen LogP contribution is -2.50. The van der Waals surface area contributed by atoms with Crippen LogP contribution in [0.5, 0.6) is 5.75 Å². The van der Waals surface area contributed by atoms with Gasteiger partial charge in [-0.3, -0.25) is 9.59 Å². The number of piperidine rings is 1. The van der Waals surface area contributed by atoms with E-state index >= 15 is 0 Å². The van der Waals surface area contributed by atoms with Crippen LogP contribution in [-0.2, 0) is 11.0 Å². The monoisotopic (exact) mass is 605 g/mol. The minimum Gasteiger partial charge on any atom is -0.495 e. The Labute approximate surface area is 250 Å². The van der Waals surface area contributed by atoms with E-state index in [9.17, 15) is 22.8 Å². The predicted octanol–water partition coefficient (Wildman–Crippen LogP) is 4.91. The fraction of sp³-hybridized carbons (Fsp3) is 0.600. The van der Waals surface area contributed by atoms with E-state index in [0.29, 0.717) is 29.8 Å². The summed E-state index contributed by atoms with van der Waals surface area (Å²) in [6.07, 6.45) is 0.772. The average Bonchev–Trinajstić information content (AvgIpc) is 2.97. The van der Waals surface area contributed by atoms with E-state index in [-0.39, 0.29) is 41.6 Å². The molecule has 1 saturated carbocycles. The molecule has 2 fully saturated rings. The summed E-state index contributed by atoms with van der Waals surface area (Å²) in [6, 6.07) is 4.20. The fourth-order valence-corrected chi connectivity index (χ4v) is 5.73. The molecule has 1 aromatic carbocycles. The smallest absolute Gasteiger partial charge is 0.421 e. The highest BCUT2D eigenvalue weighted by Gasteiger charge is 2.38. The molecule has 4 rings (SSSR count). The number of benzene rings is 1. The molecule has 2 atom stereocenters. The summed E-state index contributed by atoms with van der Waals surface area (Å²) < 4.78 is 47.5. The number of ether oxygens (including phenoxy) is 1. The Bertz CT molecular complexity index is 1280. The topological polar surface area (TPSA) is 112 Å². The Morgan fingerprint density at radius 3 is 2.47 bits per heavy atom. The molecule has 1 saturated heterocycles. The molecule has 13 heteroatoms. The van der Waals surface area contributed by atoms with Crippen LogP contribution in [-0.4, -0.2) is 84.0 Å². The number of hydrogen-bond donors (Lipinski definition) is 3. The Hall–Kier alpha value is -3.61. The summed E-state index contributed by atoms with van der Waals surface area (Å²) >= 11 is 0. The van der Waals surface area contributed by atoms with E-state index in [1.54, 1.807) is 44.0 Å². The van der Waals surface area contributed by atoms with E-state index in [2.05, 4.69) is 37.9 Å². The Kier molecular flexibility index (Phi) is 10.4. The first-order valence-corrected chi connectivity index (χ1v) is 14.8. The molecular weight excluding hydrogens is 563 g/mol. The number of alkyl halides is 3. The van der Waals surface area contributed by atoms with Crippen LogP contribution in [0, 0.1) is 5.92 Å². The second-order valence-corrected chi connectivity index (χ2v) is 11.8. The largest absolute Gasteiger partial charge is 0.495 e. The van der Waals surface area contributed by atoms with Crippen LogP contribution in [0.3, 0.4) is 0 Å². The summed E-state index contributed by atoms with van der Waals surface area (Å²) in [4.78, 5) is 37.6. The standard InChI is InChI=1S/C30H42F3N7O3/c1-18(2)28(42)40(4)24-9-7-6-8-22(24)36-26-21(30(31,32)33)17-34-29(38-26)37-23-11-10-19(16-25(23)43-5)27(41)35-20-12-14-39(3)15-13-20/h10-11,16-18,20,22,24H,6-9,12-15H2,1-5H3,(H,35,41)(H2,34,36,37,38)/t22-,24-/m1/s1. The molecule has 2 heterocycles. The fourth-order valence-electron chi connectivity index (χ4n) is 5.73. The van der Waals surface area contributed by atoms with Crippen LogP contribution in [0.4, 0.5) is 30.6 Å². The number of nitrogens with zero attached hydrogens (tertiary/aromatic N) is 4. The number of amides is 2. The van der Waals surface area contributed by atoms with Gasteiger partial charge in [-0.05, 0) is 64.0 Å². The lowest BCUT2D eigenvalue weighted by molar-refractivity contribution is -0.138. The van der Waals surface area contributed by atoms with Crippen LogP contribution >= 0.6 is 0 Å². The minimum absolute atomic E-state index is 0.0599. The van der Waals surface area contributed by atoms with Crippen LogP contribution < -0.4 is 20.7 Å². The molecule has 2 aliphatic rings. The molecule has 2 amide bonds. The molecule has 43 heavy (non-hydrogen) atoms. The maximum absolute atomic E-state index is 14.0. The maximum Gasteiger partial charge on any atom is 0.421 e. The second-order valence-electron chi connectivity index (χ2n) is 11.8. The second kappa shape index (κ2) is 13.8. The summed E-state index contributed by atoms with van der Waals surface area (Å²) in [7, 11) is 5.20. The summed E-state index contributed by atoms with van der Waals surface area (Å²) in [6.45, 7) is 5.43. The Morgan fingerprint density at radius 2 is 1.81 bits per heavy atom. The highest BCUT2D eigenvalue weighted by molar-refractivity contribution is 5.95. The summed E-state index contributed by atoms with van der Waals surface area (Å²) in [5.74, 6) is -0.628. The van der Waals surface area contributed by atoms with Crippen LogP contribution in [0.2, 0.25) is 0 Å². The number of hydrogen-bond acceptors (Lipinski definition) is 8. The number of likely N-dealkylation sites (N-methyl/N-ethyl adjacent to an activating group) is 1. The summed E-state index contributed by atoms with van der Waals surface area (Å²) in [5, 5.41) is 9.01. The Balaban J connectivity index is 1.55. The number of carbonyl (C=O) groups is 2. The van der Waals surface area contributed by atoms with Crippen LogP contribution in [0.25, 0.3) is 0 Å². The molecular formula is C30H42F3N7O3. The van der Waals surface area contributed by atoms with Crippen molar-refractivity contribution in [3.8, 4) is 5.75 Å². The van der Waals surface area contributed by atoms with Crippen molar-refractivity contribution in [2.24, 2.45) is 5.92 Å². The van der Waals surface area contributed by atoms with E-state index in [1.807, 2.05) is 0 Å². The molecule has 3 N–H and O–H groups in total. The minimum atomic E-state index is -4.69. The Morgan fingerprint density at radius 1 is 1.12 bits per heavy atom. The van der Waals surface area contributed by atoms with Gasteiger partial charge in [0.1, 0.15) is 17.1 Å². The normalized spacial score (nSPS) is 20.0. The van der Waals surface area contributed by atoms with Gasteiger partial charge in [-0.15, -0.1) is 0 Å². The van der Waals surface area contributed by atoms with Gasteiger partial charge in [0.2, 0.25) is 11.9 Å². The highest BCUT2D eigenvalue weighted by atomic mass is 19.4. The number of rotatable bonds is 9. The van der Waals surface area contributed by atoms with Gasteiger partial charge in [0.05, 0.1) is 18.8 Å². The van der Waals surface area contributed by atoms with Gasteiger partial charge in [0, 0.05) is 36.8 Å². The number of likely N-dealkylation sites (tertiary alicyclic amines) is 1. The van der Waals surface area contributed by atoms with Crippen molar-refractivity contribution in [1.29, 1.82) is 0 Å².